The number of carbonyl (C=O) groups excluding carboxylic acids is 1. The van der Waals surface area contributed by atoms with Gasteiger partial charge >= 0.3 is 0 Å². The molecular weight excluding hydrogens is 230 g/mol. The first-order valence-corrected chi connectivity index (χ1v) is 6.08. The monoisotopic (exact) mass is 249 g/mol. The maximum atomic E-state index is 12.3. The van der Waals surface area contributed by atoms with Gasteiger partial charge in [0, 0.05) is 11.1 Å². The molecule has 0 bridgehead atoms. The molecule has 1 aromatic rings. The number of nitrogens with one attached hydrogen (secondary N) is 1. The predicted molar refractivity (Wildman–Crippen MR) is 69.2 cm³/mol. The van der Waals surface area contributed by atoms with Crippen LogP contribution in [0.1, 0.15) is 38.1 Å². The largest absolute Gasteiger partial charge is 0.454 e. The minimum absolute atomic E-state index is 0.0585. The molecule has 0 aromatic heterocycles. The Hall–Kier alpha value is -1.55. The van der Waals surface area contributed by atoms with Crippen molar-refractivity contribution in [1.29, 1.82) is 0 Å². The zero-order valence-electron chi connectivity index (χ0n) is 11.2. The Balaban J connectivity index is 2.14. The Bertz CT molecular complexity index is 463. The molecule has 0 aliphatic carbocycles. The number of hydrogen-bond donors (Lipinski definition) is 1. The van der Waals surface area contributed by atoms with Crippen LogP contribution in [0, 0.1) is 0 Å². The zero-order chi connectivity index (χ0) is 13.3. The number of carbonyl (C=O) groups is 1. The van der Waals surface area contributed by atoms with Gasteiger partial charge in [-0.25, -0.2) is 0 Å². The van der Waals surface area contributed by atoms with Crippen molar-refractivity contribution in [1.82, 2.24) is 5.32 Å². The van der Waals surface area contributed by atoms with Gasteiger partial charge in [0.25, 0.3) is 0 Å². The number of benzene rings is 1. The lowest BCUT2D eigenvalue weighted by molar-refractivity contribution is 0.0935. The normalized spacial score (nSPS) is 15.6. The Morgan fingerprint density at radius 3 is 2.61 bits per heavy atom. The number of fused-ring (bicyclic) bond motifs is 1. The van der Waals surface area contributed by atoms with Crippen LogP contribution >= 0.6 is 0 Å². The SMILES string of the molecule is C[C@H](NC(C)(C)C)C(=O)c1ccc2c(c1)OCO2. The van der Waals surface area contributed by atoms with Crippen LogP contribution in [0.2, 0.25) is 0 Å². The van der Waals surface area contributed by atoms with Crippen LogP contribution in [-0.4, -0.2) is 24.2 Å². The number of ether oxygens (including phenoxy) is 2. The molecule has 0 saturated carbocycles. The maximum absolute atomic E-state index is 12.3. The summed E-state index contributed by atoms with van der Waals surface area (Å²) in [5, 5.41) is 3.26. The summed E-state index contributed by atoms with van der Waals surface area (Å²) < 4.78 is 10.5. The Morgan fingerprint density at radius 1 is 1.28 bits per heavy atom. The summed E-state index contributed by atoms with van der Waals surface area (Å²) in [6, 6.07) is 5.06. The summed E-state index contributed by atoms with van der Waals surface area (Å²) in [4.78, 5) is 12.3. The van der Waals surface area contributed by atoms with Crippen LogP contribution < -0.4 is 14.8 Å². The lowest BCUT2D eigenvalue weighted by Crippen LogP contribution is -2.46. The molecule has 1 N–H and O–H groups in total. The average molecular weight is 249 g/mol. The van der Waals surface area contributed by atoms with Gasteiger partial charge in [0.15, 0.2) is 17.3 Å². The van der Waals surface area contributed by atoms with E-state index >= 15 is 0 Å². The van der Waals surface area contributed by atoms with E-state index < -0.39 is 0 Å². The lowest BCUT2D eigenvalue weighted by Gasteiger charge is -2.25. The standard InChI is InChI=1S/C14H19NO3/c1-9(15-14(2,3)4)13(16)10-5-6-11-12(7-10)18-8-17-11/h5-7,9,15H,8H2,1-4H3/t9-/m0/s1. The fourth-order valence-electron chi connectivity index (χ4n) is 2.01. The fourth-order valence-corrected chi connectivity index (χ4v) is 2.01. The van der Waals surface area contributed by atoms with Crippen LogP contribution in [0.5, 0.6) is 11.5 Å². The molecule has 4 nitrogen and oxygen atoms in total. The molecule has 0 unspecified atom stereocenters. The topological polar surface area (TPSA) is 47.6 Å². The van der Waals surface area contributed by atoms with Crippen LogP contribution in [0.4, 0.5) is 0 Å². The van der Waals surface area contributed by atoms with E-state index in [0.29, 0.717) is 17.1 Å². The first kappa shape index (κ1) is 12.9. The first-order chi connectivity index (χ1) is 8.37. The smallest absolute Gasteiger partial charge is 0.231 e. The molecule has 2 rings (SSSR count). The highest BCUT2D eigenvalue weighted by molar-refractivity contribution is 6.00. The maximum Gasteiger partial charge on any atom is 0.231 e. The molecule has 0 saturated heterocycles. The second kappa shape index (κ2) is 4.61. The molecule has 4 heteroatoms. The molecular formula is C14H19NO3. The van der Waals surface area contributed by atoms with Gasteiger partial charge < -0.3 is 14.8 Å². The van der Waals surface area contributed by atoms with Crippen molar-refractivity contribution in [3.63, 3.8) is 0 Å². The summed E-state index contributed by atoms with van der Waals surface area (Å²) >= 11 is 0. The van der Waals surface area contributed by atoms with E-state index in [1.165, 1.54) is 0 Å². The molecule has 1 aliphatic rings. The second-order valence-electron chi connectivity index (χ2n) is 5.55. The molecule has 1 heterocycles. The first-order valence-electron chi connectivity index (χ1n) is 6.08. The fraction of sp³-hybridized carbons (Fsp3) is 0.500. The van der Waals surface area contributed by atoms with Crippen molar-refractivity contribution in [3.8, 4) is 11.5 Å². The number of hydrogen-bond acceptors (Lipinski definition) is 4. The van der Waals surface area contributed by atoms with Gasteiger partial charge in [0.1, 0.15) is 0 Å². The van der Waals surface area contributed by atoms with Crippen LogP contribution in [-0.2, 0) is 0 Å². The van der Waals surface area contributed by atoms with Gasteiger partial charge in [-0.15, -0.1) is 0 Å². The van der Waals surface area contributed by atoms with Gasteiger partial charge in [0.05, 0.1) is 6.04 Å². The van der Waals surface area contributed by atoms with Crippen molar-refractivity contribution >= 4 is 5.78 Å². The van der Waals surface area contributed by atoms with Gasteiger partial charge in [-0.05, 0) is 45.9 Å². The van der Waals surface area contributed by atoms with E-state index in [4.69, 9.17) is 9.47 Å². The highest BCUT2D eigenvalue weighted by Gasteiger charge is 2.22. The van der Waals surface area contributed by atoms with E-state index in [0.717, 1.165) is 0 Å². The van der Waals surface area contributed by atoms with Crippen molar-refractivity contribution in [2.75, 3.05) is 6.79 Å². The van der Waals surface area contributed by atoms with E-state index in [9.17, 15) is 4.79 Å². The average Bonchev–Trinajstić information content (AvgIpc) is 2.72. The van der Waals surface area contributed by atoms with Gasteiger partial charge in [-0.2, -0.15) is 0 Å². The highest BCUT2D eigenvalue weighted by atomic mass is 16.7. The Labute approximate surface area is 107 Å². The Morgan fingerprint density at radius 2 is 1.94 bits per heavy atom. The minimum atomic E-state index is -0.231. The molecule has 1 aromatic carbocycles. The number of Topliss-reactive ketones (excluding diaryl/α,β-unsaturated/α-hetero) is 1. The molecule has 0 radical (unpaired) electrons. The van der Waals surface area contributed by atoms with E-state index in [-0.39, 0.29) is 24.2 Å². The third kappa shape index (κ3) is 2.82. The van der Waals surface area contributed by atoms with E-state index in [1.54, 1.807) is 18.2 Å². The molecule has 98 valence electrons. The summed E-state index contributed by atoms with van der Waals surface area (Å²) in [6.45, 7) is 8.21. The molecule has 0 amide bonds. The van der Waals surface area contributed by atoms with Gasteiger partial charge in [0.2, 0.25) is 6.79 Å². The quantitative estimate of drug-likeness (QED) is 0.835. The number of rotatable bonds is 3. The lowest BCUT2D eigenvalue weighted by atomic mass is 10.0. The molecule has 18 heavy (non-hydrogen) atoms. The van der Waals surface area contributed by atoms with E-state index in [2.05, 4.69) is 5.32 Å². The Kier molecular flexibility index (Phi) is 3.30. The van der Waals surface area contributed by atoms with E-state index in [1.807, 2.05) is 27.7 Å². The zero-order valence-corrected chi connectivity index (χ0v) is 11.2. The van der Waals surface area contributed by atoms with Gasteiger partial charge in [-0.1, -0.05) is 0 Å². The second-order valence-corrected chi connectivity index (χ2v) is 5.55. The summed E-state index contributed by atoms with van der Waals surface area (Å²) in [5.74, 6) is 1.40. The van der Waals surface area contributed by atoms with Crippen molar-refractivity contribution in [3.05, 3.63) is 23.8 Å². The summed E-state index contributed by atoms with van der Waals surface area (Å²) in [6.07, 6.45) is 0. The van der Waals surface area contributed by atoms with Crippen molar-refractivity contribution in [2.24, 2.45) is 0 Å². The van der Waals surface area contributed by atoms with Crippen LogP contribution in [0.25, 0.3) is 0 Å². The third-order valence-corrected chi connectivity index (χ3v) is 2.70. The van der Waals surface area contributed by atoms with Crippen LogP contribution in [0.15, 0.2) is 18.2 Å². The van der Waals surface area contributed by atoms with Crippen LogP contribution in [0.3, 0.4) is 0 Å². The molecule has 1 atom stereocenters. The molecule has 1 aliphatic heterocycles. The van der Waals surface area contributed by atoms with Crippen molar-refractivity contribution < 1.29 is 14.3 Å². The predicted octanol–water partition coefficient (Wildman–Crippen LogP) is 2.37. The summed E-state index contributed by atoms with van der Waals surface area (Å²) in [5.41, 5.74) is 0.550. The molecule has 0 fully saturated rings. The van der Waals surface area contributed by atoms with Gasteiger partial charge in [-0.3, -0.25) is 4.79 Å². The third-order valence-electron chi connectivity index (χ3n) is 2.70. The molecule has 0 spiro atoms. The minimum Gasteiger partial charge on any atom is -0.454 e. The summed E-state index contributed by atoms with van der Waals surface area (Å²) in [7, 11) is 0. The van der Waals surface area contributed by atoms with Crippen molar-refractivity contribution in [2.45, 2.75) is 39.3 Å². The highest BCUT2D eigenvalue weighted by Crippen LogP contribution is 2.32. The number of ketones is 1.